The standard InChI is InChI=1S/C6H5ClO2S/c7-4-1-5(10-3-4)2-6(8)9/h1,3H,2H2,(H,8,9). The molecule has 0 aromatic carbocycles. The minimum atomic E-state index is -0.821. The summed E-state index contributed by atoms with van der Waals surface area (Å²) in [5, 5.41) is 10.7. The van der Waals surface area contributed by atoms with Crippen LogP contribution < -0.4 is 0 Å². The van der Waals surface area contributed by atoms with E-state index in [9.17, 15) is 4.79 Å². The molecule has 1 aromatic rings. The topological polar surface area (TPSA) is 37.3 Å². The molecule has 4 heteroatoms. The third-order valence-electron chi connectivity index (χ3n) is 0.947. The van der Waals surface area contributed by atoms with Gasteiger partial charge in [0.15, 0.2) is 0 Å². The molecule has 2 nitrogen and oxygen atoms in total. The Kier molecular flexibility index (Phi) is 2.29. The highest BCUT2D eigenvalue weighted by Crippen LogP contribution is 2.19. The Hall–Kier alpha value is -0.540. The van der Waals surface area contributed by atoms with Gasteiger partial charge in [-0.2, -0.15) is 0 Å². The van der Waals surface area contributed by atoms with Crippen LogP contribution in [-0.2, 0) is 11.2 Å². The number of hydrogen-bond acceptors (Lipinski definition) is 2. The highest BCUT2D eigenvalue weighted by molar-refractivity contribution is 7.10. The molecule has 0 saturated heterocycles. The second-order valence-corrected chi connectivity index (χ2v) is 3.23. The average molecular weight is 177 g/mol. The molecule has 1 rings (SSSR count). The highest BCUT2D eigenvalue weighted by Gasteiger charge is 2.01. The van der Waals surface area contributed by atoms with Crippen molar-refractivity contribution in [3.05, 3.63) is 21.3 Å². The minimum absolute atomic E-state index is 0.0669. The minimum Gasteiger partial charge on any atom is -0.481 e. The lowest BCUT2D eigenvalue weighted by Crippen LogP contribution is -1.96. The van der Waals surface area contributed by atoms with E-state index in [1.54, 1.807) is 11.4 Å². The number of carboxylic acid groups (broad SMARTS) is 1. The van der Waals surface area contributed by atoms with Gasteiger partial charge in [-0.25, -0.2) is 0 Å². The zero-order valence-electron chi connectivity index (χ0n) is 5.00. The Morgan fingerprint density at radius 2 is 2.50 bits per heavy atom. The molecule has 0 aliphatic heterocycles. The van der Waals surface area contributed by atoms with Crippen LogP contribution in [-0.4, -0.2) is 11.1 Å². The van der Waals surface area contributed by atoms with Crippen LogP contribution in [0.25, 0.3) is 0 Å². The molecule has 0 spiro atoms. The monoisotopic (exact) mass is 176 g/mol. The second kappa shape index (κ2) is 3.03. The molecule has 0 radical (unpaired) electrons. The van der Waals surface area contributed by atoms with Gasteiger partial charge in [-0.3, -0.25) is 4.79 Å². The van der Waals surface area contributed by atoms with Gasteiger partial charge in [0.05, 0.1) is 11.4 Å². The second-order valence-electron chi connectivity index (χ2n) is 1.80. The predicted octanol–water partition coefficient (Wildman–Crippen LogP) is 2.03. The first kappa shape index (κ1) is 7.57. The van der Waals surface area contributed by atoms with E-state index < -0.39 is 5.97 Å². The van der Waals surface area contributed by atoms with E-state index in [1.165, 1.54) is 11.3 Å². The molecule has 0 amide bonds. The third kappa shape index (κ3) is 2.01. The Morgan fingerprint density at radius 3 is 2.90 bits per heavy atom. The zero-order chi connectivity index (χ0) is 7.56. The Morgan fingerprint density at radius 1 is 1.80 bits per heavy atom. The van der Waals surface area contributed by atoms with E-state index in [0.29, 0.717) is 5.02 Å². The van der Waals surface area contributed by atoms with Crippen molar-refractivity contribution >= 4 is 28.9 Å². The van der Waals surface area contributed by atoms with Crippen molar-refractivity contribution < 1.29 is 9.90 Å². The fourth-order valence-electron chi connectivity index (χ4n) is 0.596. The summed E-state index contributed by atoms with van der Waals surface area (Å²) in [5.74, 6) is -0.821. The summed E-state index contributed by atoms with van der Waals surface area (Å²) in [6.45, 7) is 0. The molecule has 54 valence electrons. The van der Waals surface area contributed by atoms with Crippen LogP contribution in [0.5, 0.6) is 0 Å². The molecule has 0 unspecified atom stereocenters. The van der Waals surface area contributed by atoms with Gasteiger partial charge in [0.2, 0.25) is 0 Å². The molecular weight excluding hydrogens is 172 g/mol. The first-order valence-electron chi connectivity index (χ1n) is 2.63. The molecule has 0 atom stereocenters. The number of hydrogen-bond donors (Lipinski definition) is 1. The molecule has 0 fully saturated rings. The van der Waals surface area contributed by atoms with Gasteiger partial charge in [-0.1, -0.05) is 11.6 Å². The lowest BCUT2D eigenvalue weighted by Gasteiger charge is -1.85. The molecule has 0 bridgehead atoms. The molecule has 1 heterocycles. The van der Waals surface area contributed by atoms with Crippen molar-refractivity contribution in [3.63, 3.8) is 0 Å². The SMILES string of the molecule is O=C(O)Cc1cc(Cl)cs1. The normalized spacial score (nSPS) is 9.70. The maximum atomic E-state index is 10.1. The Bertz CT molecular complexity index is 244. The van der Waals surface area contributed by atoms with Gasteiger partial charge < -0.3 is 5.11 Å². The van der Waals surface area contributed by atoms with Crippen molar-refractivity contribution in [2.24, 2.45) is 0 Å². The number of aliphatic carboxylic acids is 1. The van der Waals surface area contributed by atoms with E-state index in [1.807, 2.05) is 0 Å². The molecule has 10 heavy (non-hydrogen) atoms. The number of rotatable bonds is 2. The molecular formula is C6H5ClO2S. The van der Waals surface area contributed by atoms with Crippen molar-refractivity contribution in [2.45, 2.75) is 6.42 Å². The van der Waals surface area contributed by atoms with Crippen LogP contribution in [0.1, 0.15) is 4.88 Å². The quantitative estimate of drug-likeness (QED) is 0.749. The molecule has 0 aliphatic rings. The van der Waals surface area contributed by atoms with Crippen LogP contribution in [0.2, 0.25) is 5.02 Å². The first-order chi connectivity index (χ1) is 4.68. The summed E-state index contributed by atoms with van der Waals surface area (Å²) < 4.78 is 0. The fourth-order valence-corrected chi connectivity index (χ4v) is 1.66. The molecule has 0 saturated carbocycles. The molecule has 1 aromatic heterocycles. The van der Waals surface area contributed by atoms with Crippen LogP contribution >= 0.6 is 22.9 Å². The summed E-state index contributed by atoms with van der Waals surface area (Å²) in [5.41, 5.74) is 0. The molecule has 1 N–H and O–H groups in total. The first-order valence-corrected chi connectivity index (χ1v) is 3.89. The van der Waals surface area contributed by atoms with Gasteiger partial charge >= 0.3 is 5.97 Å². The van der Waals surface area contributed by atoms with Gasteiger partial charge in [0, 0.05) is 10.3 Å². The van der Waals surface area contributed by atoms with Crippen LogP contribution in [0.4, 0.5) is 0 Å². The fraction of sp³-hybridized carbons (Fsp3) is 0.167. The predicted molar refractivity (Wildman–Crippen MR) is 40.7 cm³/mol. The van der Waals surface area contributed by atoms with Crippen LogP contribution in [0.15, 0.2) is 11.4 Å². The number of thiophene rings is 1. The van der Waals surface area contributed by atoms with Crippen LogP contribution in [0, 0.1) is 0 Å². The summed E-state index contributed by atoms with van der Waals surface area (Å²) in [4.78, 5) is 10.9. The van der Waals surface area contributed by atoms with E-state index in [0.717, 1.165) is 4.88 Å². The Balaban J connectivity index is 2.67. The van der Waals surface area contributed by atoms with Crippen molar-refractivity contribution in [2.75, 3.05) is 0 Å². The van der Waals surface area contributed by atoms with Gasteiger partial charge in [0.25, 0.3) is 0 Å². The summed E-state index contributed by atoms with van der Waals surface area (Å²) in [6, 6.07) is 1.67. The molecule has 0 aliphatic carbocycles. The summed E-state index contributed by atoms with van der Waals surface area (Å²) in [6.07, 6.45) is 0.0669. The van der Waals surface area contributed by atoms with Crippen LogP contribution in [0.3, 0.4) is 0 Å². The highest BCUT2D eigenvalue weighted by atomic mass is 35.5. The van der Waals surface area contributed by atoms with Gasteiger partial charge in [-0.05, 0) is 6.07 Å². The van der Waals surface area contributed by atoms with E-state index in [-0.39, 0.29) is 6.42 Å². The van der Waals surface area contributed by atoms with E-state index in [4.69, 9.17) is 16.7 Å². The van der Waals surface area contributed by atoms with Gasteiger partial charge in [-0.15, -0.1) is 11.3 Å². The third-order valence-corrected chi connectivity index (χ3v) is 2.23. The Labute approximate surface area is 67.1 Å². The maximum absolute atomic E-state index is 10.1. The summed E-state index contributed by atoms with van der Waals surface area (Å²) in [7, 11) is 0. The van der Waals surface area contributed by atoms with Crippen molar-refractivity contribution in [3.8, 4) is 0 Å². The van der Waals surface area contributed by atoms with Crippen molar-refractivity contribution in [1.82, 2.24) is 0 Å². The number of carbonyl (C=O) groups is 1. The smallest absolute Gasteiger partial charge is 0.308 e. The zero-order valence-corrected chi connectivity index (χ0v) is 6.58. The average Bonchev–Trinajstić information content (AvgIpc) is 2.13. The maximum Gasteiger partial charge on any atom is 0.308 e. The van der Waals surface area contributed by atoms with Gasteiger partial charge in [0.1, 0.15) is 0 Å². The largest absolute Gasteiger partial charge is 0.481 e. The summed E-state index contributed by atoms with van der Waals surface area (Å²) >= 11 is 6.93. The lowest BCUT2D eigenvalue weighted by atomic mass is 10.3. The van der Waals surface area contributed by atoms with Crippen molar-refractivity contribution in [1.29, 1.82) is 0 Å². The van der Waals surface area contributed by atoms with E-state index >= 15 is 0 Å². The number of carboxylic acids is 1. The van der Waals surface area contributed by atoms with E-state index in [2.05, 4.69) is 0 Å². The lowest BCUT2D eigenvalue weighted by molar-refractivity contribution is -0.136. The number of halogens is 1.